The lowest BCUT2D eigenvalue weighted by molar-refractivity contribution is -0.138. The van der Waals surface area contributed by atoms with E-state index < -0.39 is 0 Å². The number of ether oxygens (including phenoxy) is 1. The van der Waals surface area contributed by atoms with E-state index in [9.17, 15) is 4.79 Å². The molecule has 3 unspecified atom stereocenters. The van der Waals surface area contributed by atoms with E-state index in [4.69, 9.17) is 4.74 Å². The monoisotopic (exact) mass is 294 g/mol. The van der Waals surface area contributed by atoms with Crippen molar-refractivity contribution in [2.75, 3.05) is 26.3 Å². The van der Waals surface area contributed by atoms with Gasteiger partial charge in [-0.1, -0.05) is 6.92 Å². The highest BCUT2D eigenvalue weighted by molar-refractivity contribution is 7.10. The first-order valence-corrected chi connectivity index (χ1v) is 8.28. The van der Waals surface area contributed by atoms with Gasteiger partial charge < -0.3 is 15.0 Å². The van der Waals surface area contributed by atoms with Crippen molar-refractivity contribution >= 4 is 17.2 Å². The van der Waals surface area contributed by atoms with Crippen LogP contribution in [-0.2, 0) is 16.0 Å². The number of carbonyl (C=O) groups is 1. The smallest absolute Gasteiger partial charge is 0.230 e. The molecule has 1 aromatic heterocycles. The van der Waals surface area contributed by atoms with Crippen LogP contribution in [0.1, 0.15) is 30.3 Å². The highest BCUT2D eigenvalue weighted by atomic mass is 32.1. The average molecular weight is 294 g/mol. The molecule has 1 saturated heterocycles. The number of hydrogen-bond donors (Lipinski definition) is 1. The maximum Gasteiger partial charge on any atom is 0.230 e. The van der Waals surface area contributed by atoms with E-state index in [0.717, 1.165) is 19.5 Å². The first-order chi connectivity index (χ1) is 9.72. The number of fused-ring (bicyclic) bond motifs is 1. The predicted molar refractivity (Wildman–Crippen MR) is 79.9 cm³/mol. The summed E-state index contributed by atoms with van der Waals surface area (Å²) in [5.41, 5.74) is 1.33. The molecular weight excluding hydrogens is 272 g/mol. The molecule has 3 rings (SSSR count). The van der Waals surface area contributed by atoms with Crippen molar-refractivity contribution in [3.63, 3.8) is 0 Å². The molecule has 2 aliphatic heterocycles. The average Bonchev–Trinajstić information content (AvgIpc) is 3.07. The molecular formula is C15H22N2O2S. The van der Waals surface area contributed by atoms with Crippen molar-refractivity contribution in [3.8, 4) is 0 Å². The molecule has 3 heterocycles. The molecule has 5 heteroatoms. The highest BCUT2D eigenvalue weighted by Crippen LogP contribution is 2.34. The van der Waals surface area contributed by atoms with Crippen molar-refractivity contribution in [1.82, 2.24) is 10.2 Å². The predicted octanol–water partition coefficient (Wildman–Crippen LogP) is 1.82. The van der Waals surface area contributed by atoms with Crippen LogP contribution in [-0.4, -0.2) is 43.2 Å². The number of nitrogens with one attached hydrogen (secondary N) is 1. The number of amides is 1. The zero-order chi connectivity index (χ0) is 14.1. The van der Waals surface area contributed by atoms with Crippen LogP contribution in [0.25, 0.3) is 0 Å². The summed E-state index contributed by atoms with van der Waals surface area (Å²) in [7, 11) is 0. The van der Waals surface area contributed by atoms with Crippen LogP contribution < -0.4 is 5.32 Å². The second-order valence-electron chi connectivity index (χ2n) is 5.56. The largest absolute Gasteiger partial charge is 0.379 e. The summed E-state index contributed by atoms with van der Waals surface area (Å²) in [5.74, 6) is 0.218. The number of thiophene rings is 1. The third-order valence-electron chi connectivity index (χ3n) is 4.42. The second-order valence-corrected chi connectivity index (χ2v) is 6.57. The van der Waals surface area contributed by atoms with E-state index in [2.05, 4.69) is 30.6 Å². The molecule has 0 saturated carbocycles. The maximum atomic E-state index is 12.8. The molecule has 110 valence electrons. The zero-order valence-electron chi connectivity index (χ0n) is 12.1. The first kappa shape index (κ1) is 14.0. The Balaban J connectivity index is 1.75. The van der Waals surface area contributed by atoms with E-state index >= 15 is 0 Å². The molecule has 1 amide bonds. The van der Waals surface area contributed by atoms with Gasteiger partial charge in [-0.15, -0.1) is 11.3 Å². The van der Waals surface area contributed by atoms with Gasteiger partial charge in [0.2, 0.25) is 5.91 Å². The van der Waals surface area contributed by atoms with Crippen LogP contribution in [0.3, 0.4) is 0 Å². The van der Waals surface area contributed by atoms with Gasteiger partial charge in [0.05, 0.1) is 25.2 Å². The van der Waals surface area contributed by atoms with Crippen molar-refractivity contribution in [2.24, 2.45) is 5.92 Å². The molecule has 0 bridgehead atoms. The second kappa shape index (κ2) is 5.84. The fourth-order valence-corrected chi connectivity index (χ4v) is 4.25. The molecule has 0 aromatic carbocycles. The van der Waals surface area contributed by atoms with Crippen LogP contribution in [0.5, 0.6) is 0 Å². The Hall–Kier alpha value is -0.910. The van der Waals surface area contributed by atoms with Gasteiger partial charge in [-0.2, -0.15) is 0 Å². The third kappa shape index (κ3) is 2.38. The van der Waals surface area contributed by atoms with Gasteiger partial charge in [-0.3, -0.25) is 4.79 Å². The van der Waals surface area contributed by atoms with Gasteiger partial charge in [-0.05, 0) is 36.9 Å². The molecule has 1 N–H and O–H groups in total. The number of hydrogen-bond acceptors (Lipinski definition) is 4. The van der Waals surface area contributed by atoms with E-state index in [-0.39, 0.29) is 23.9 Å². The van der Waals surface area contributed by atoms with Gasteiger partial charge in [0.25, 0.3) is 0 Å². The summed E-state index contributed by atoms with van der Waals surface area (Å²) in [6, 6.07) is 2.53. The summed E-state index contributed by atoms with van der Waals surface area (Å²) in [6.07, 6.45) is 0.989. The molecule has 1 aromatic rings. The van der Waals surface area contributed by atoms with Crippen LogP contribution in [0.15, 0.2) is 11.4 Å². The molecule has 1 fully saturated rings. The number of carbonyl (C=O) groups excluding carboxylic acids is 1. The Kier molecular flexibility index (Phi) is 4.10. The lowest BCUT2D eigenvalue weighted by Crippen LogP contribution is -2.48. The fourth-order valence-electron chi connectivity index (χ4n) is 3.28. The van der Waals surface area contributed by atoms with Crippen molar-refractivity contribution in [2.45, 2.75) is 32.4 Å². The van der Waals surface area contributed by atoms with Gasteiger partial charge in [0.1, 0.15) is 0 Å². The topological polar surface area (TPSA) is 41.6 Å². The number of rotatable bonds is 3. The van der Waals surface area contributed by atoms with Gasteiger partial charge in [0, 0.05) is 17.5 Å². The summed E-state index contributed by atoms with van der Waals surface area (Å²) in [6.45, 7) is 7.12. The van der Waals surface area contributed by atoms with Gasteiger partial charge in [-0.25, -0.2) is 0 Å². The number of likely N-dealkylation sites (N-methyl/N-ethyl adjacent to an activating group) is 1. The zero-order valence-corrected chi connectivity index (χ0v) is 12.9. The van der Waals surface area contributed by atoms with E-state index in [1.807, 2.05) is 16.2 Å². The van der Waals surface area contributed by atoms with Crippen molar-refractivity contribution < 1.29 is 9.53 Å². The maximum absolute atomic E-state index is 12.8. The molecule has 20 heavy (non-hydrogen) atoms. The van der Waals surface area contributed by atoms with Gasteiger partial charge in [0.15, 0.2) is 0 Å². The SMILES string of the molecule is CCNC1COCC1C(=O)N1CCc2sccc2C1C. The summed E-state index contributed by atoms with van der Waals surface area (Å²) < 4.78 is 5.52. The molecule has 0 spiro atoms. The normalized spacial score (nSPS) is 29.5. The van der Waals surface area contributed by atoms with Gasteiger partial charge >= 0.3 is 0 Å². The molecule has 3 atom stereocenters. The third-order valence-corrected chi connectivity index (χ3v) is 5.42. The van der Waals surface area contributed by atoms with E-state index in [1.165, 1.54) is 10.4 Å². The van der Waals surface area contributed by atoms with Crippen LogP contribution in [0.4, 0.5) is 0 Å². The van der Waals surface area contributed by atoms with E-state index in [1.54, 1.807) is 0 Å². The summed E-state index contributed by atoms with van der Waals surface area (Å²) in [4.78, 5) is 16.3. The Morgan fingerprint density at radius 2 is 2.40 bits per heavy atom. The quantitative estimate of drug-likeness (QED) is 0.924. The minimum Gasteiger partial charge on any atom is -0.379 e. The fraction of sp³-hybridized carbons (Fsp3) is 0.667. The van der Waals surface area contributed by atoms with Crippen LogP contribution in [0, 0.1) is 5.92 Å². The standard InChI is InChI=1S/C15H22N2O2S/c1-3-16-13-9-19-8-12(13)15(18)17-6-4-14-11(10(17)2)5-7-20-14/h5,7,10,12-13,16H,3-4,6,8-9H2,1-2H3. The number of nitrogens with zero attached hydrogens (tertiary/aromatic N) is 1. The Labute approximate surface area is 124 Å². The minimum atomic E-state index is -0.0300. The Bertz CT molecular complexity index is 488. The van der Waals surface area contributed by atoms with Crippen molar-refractivity contribution in [3.05, 3.63) is 21.9 Å². The summed E-state index contributed by atoms with van der Waals surface area (Å²) >= 11 is 1.81. The minimum absolute atomic E-state index is 0.0300. The van der Waals surface area contributed by atoms with E-state index in [0.29, 0.717) is 13.2 Å². The first-order valence-electron chi connectivity index (χ1n) is 7.40. The Morgan fingerprint density at radius 1 is 1.55 bits per heavy atom. The van der Waals surface area contributed by atoms with Crippen LogP contribution in [0.2, 0.25) is 0 Å². The lowest BCUT2D eigenvalue weighted by atomic mass is 9.96. The highest BCUT2D eigenvalue weighted by Gasteiger charge is 2.39. The molecule has 0 aliphatic carbocycles. The molecule has 2 aliphatic rings. The Morgan fingerprint density at radius 3 is 3.20 bits per heavy atom. The van der Waals surface area contributed by atoms with Crippen molar-refractivity contribution in [1.29, 1.82) is 0 Å². The molecule has 4 nitrogen and oxygen atoms in total. The van der Waals surface area contributed by atoms with Crippen LogP contribution >= 0.6 is 11.3 Å². The lowest BCUT2D eigenvalue weighted by Gasteiger charge is -2.36. The summed E-state index contributed by atoms with van der Waals surface area (Å²) in [5, 5.41) is 5.51. The molecule has 0 radical (unpaired) electrons.